The Labute approximate surface area is 96.3 Å². The second kappa shape index (κ2) is 5.11. The number of aromatic nitrogens is 1. The molecule has 0 aliphatic carbocycles. The molecule has 0 radical (unpaired) electrons. The van der Waals surface area contributed by atoms with E-state index in [1.807, 2.05) is 0 Å². The Morgan fingerprint density at radius 2 is 2.12 bits per heavy atom. The molecule has 1 rings (SSSR count). The largest absolute Gasteiger partial charge is 0.481 e. The number of pyridine rings is 1. The summed E-state index contributed by atoms with van der Waals surface area (Å²) in [5.41, 5.74) is 5.73. The maximum absolute atomic E-state index is 10.3. The Hall–Kier alpha value is -1.37. The fourth-order valence-corrected chi connectivity index (χ4v) is 1.27. The van der Waals surface area contributed by atoms with E-state index in [2.05, 4.69) is 4.98 Å². The molecule has 0 saturated heterocycles. The van der Waals surface area contributed by atoms with Crippen LogP contribution in [0.2, 0.25) is 5.15 Å². The molecule has 1 aromatic rings. The van der Waals surface area contributed by atoms with Crippen LogP contribution in [0.1, 0.15) is 18.2 Å². The summed E-state index contributed by atoms with van der Waals surface area (Å²) in [6.07, 6.45) is -3.43. The van der Waals surface area contributed by atoms with Crippen molar-refractivity contribution in [2.45, 2.75) is 18.6 Å². The molecule has 5 N–H and O–H groups in total. The number of nitrogen functional groups attached to an aromatic ring is 1. The Balaban J connectivity index is 2.83. The Morgan fingerprint density at radius 3 is 2.62 bits per heavy atom. The first-order valence-corrected chi connectivity index (χ1v) is 4.79. The molecule has 1 aromatic heterocycles. The number of carboxylic acids is 1. The highest BCUT2D eigenvalue weighted by atomic mass is 35.5. The first-order valence-electron chi connectivity index (χ1n) is 4.41. The van der Waals surface area contributed by atoms with Crippen molar-refractivity contribution >= 4 is 23.3 Å². The lowest BCUT2D eigenvalue weighted by Crippen LogP contribution is -2.22. The van der Waals surface area contributed by atoms with E-state index < -0.39 is 24.6 Å². The van der Waals surface area contributed by atoms with Crippen molar-refractivity contribution in [1.82, 2.24) is 4.98 Å². The van der Waals surface area contributed by atoms with Crippen molar-refractivity contribution < 1.29 is 20.1 Å². The third kappa shape index (κ3) is 3.06. The molecule has 2 unspecified atom stereocenters. The van der Waals surface area contributed by atoms with Gasteiger partial charge in [0.05, 0.1) is 23.9 Å². The predicted molar refractivity (Wildman–Crippen MR) is 56.9 cm³/mol. The van der Waals surface area contributed by atoms with E-state index in [0.29, 0.717) is 0 Å². The number of aliphatic hydroxyl groups excluding tert-OH is 2. The Bertz CT molecular complexity index is 399. The zero-order valence-corrected chi connectivity index (χ0v) is 8.92. The van der Waals surface area contributed by atoms with Gasteiger partial charge in [-0.3, -0.25) is 4.79 Å². The van der Waals surface area contributed by atoms with Crippen LogP contribution in [0.3, 0.4) is 0 Å². The van der Waals surface area contributed by atoms with Gasteiger partial charge in [0.15, 0.2) is 5.15 Å². The number of halogens is 1. The summed E-state index contributed by atoms with van der Waals surface area (Å²) in [5, 5.41) is 27.4. The number of anilines is 1. The number of nitrogens with zero attached hydrogens (tertiary/aromatic N) is 1. The zero-order chi connectivity index (χ0) is 12.3. The number of aliphatic carboxylic acids is 1. The van der Waals surface area contributed by atoms with Crippen molar-refractivity contribution in [1.29, 1.82) is 0 Å². The standard InChI is InChI=1S/C9H11ClN2O4/c10-9-4(11)1-2-5(12-9)8(16)6(13)3-7(14)15/h1-2,6,8,13,16H,3,11H2,(H,14,15). The van der Waals surface area contributed by atoms with Crippen LogP contribution in [-0.2, 0) is 4.79 Å². The highest BCUT2D eigenvalue weighted by molar-refractivity contribution is 6.31. The van der Waals surface area contributed by atoms with E-state index in [1.54, 1.807) is 0 Å². The molecule has 1 heterocycles. The van der Waals surface area contributed by atoms with Crippen molar-refractivity contribution in [3.8, 4) is 0 Å². The monoisotopic (exact) mass is 246 g/mol. The molecule has 0 spiro atoms. The van der Waals surface area contributed by atoms with Crippen LogP contribution < -0.4 is 5.73 Å². The summed E-state index contributed by atoms with van der Waals surface area (Å²) in [7, 11) is 0. The summed E-state index contributed by atoms with van der Waals surface area (Å²) in [6.45, 7) is 0. The van der Waals surface area contributed by atoms with Crippen LogP contribution in [-0.4, -0.2) is 32.4 Å². The lowest BCUT2D eigenvalue weighted by atomic mass is 10.1. The van der Waals surface area contributed by atoms with Gasteiger partial charge in [-0.1, -0.05) is 11.6 Å². The molecule has 16 heavy (non-hydrogen) atoms. The van der Waals surface area contributed by atoms with Gasteiger partial charge in [0, 0.05) is 0 Å². The Kier molecular flexibility index (Phi) is 4.05. The van der Waals surface area contributed by atoms with Gasteiger partial charge in [-0.2, -0.15) is 0 Å². The first kappa shape index (κ1) is 12.7. The summed E-state index contributed by atoms with van der Waals surface area (Å²) in [4.78, 5) is 14.1. The lowest BCUT2D eigenvalue weighted by Gasteiger charge is -2.15. The van der Waals surface area contributed by atoms with Gasteiger partial charge >= 0.3 is 5.97 Å². The van der Waals surface area contributed by atoms with Gasteiger partial charge in [-0.15, -0.1) is 0 Å². The quantitative estimate of drug-likeness (QED) is 0.564. The molecule has 0 aliphatic rings. The molecule has 0 saturated carbocycles. The molecule has 0 bridgehead atoms. The summed E-state index contributed by atoms with van der Waals surface area (Å²) in [6, 6.07) is 2.79. The minimum atomic E-state index is -1.44. The van der Waals surface area contributed by atoms with E-state index in [0.717, 1.165) is 0 Å². The molecular weight excluding hydrogens is 236 g/mol. The fraction of sp³-hybridized carbons (Fsp3) is 0.333. The molecule has 6 nitrogen and oxygen atoms in total. The number of carboxylic acid groups (broad SMARTS) is 1. The van der Waals surface area contributed by atoms with Gasteiger partial charge < -0.3 is 21.1 Å². The number of rotatable bonds is 4. The average molecular weight is 247 g/mol. The molecule has 88 valence electrons. The average Bonchev–Trinajstić information content (AvgIpc) is 2.20. The van der Waals surface area contributed by atoms with Gasteiger partial charge in [0.2, 0.25) is 0 Å². The molecule has 0 aromatic carbocycles. The van der Waals surface area contributed by atoms with Crippen molar-refractivity contribution in [3.05, 3.63) is 23.0 Å². The second-order valence-electron chi connectivity index (χ2n) is 3.23. The lowest BCUT2D eigenvalue weighted by molar-refractivity contribution is -0.141. The number of aliphatic hydroxyl groups is 2. The van der Waals surface area contributed by atoms with Crippen LogP contribution in [0.5, 0.6) is 0 Å². The molecular formula is C9H11ClN2O4. The van der Waals surface area contributed by atoms with Crippen LogP contribution in [0.25, 0.3) is 0 Å². The topological polar surface area (TPSA) is 117 Å². The normalized spacial score (nSPS) is 14.4. The summed E-state index contributed by atoms with van der Waals surface area (Å²) >= 11 is 5.62. The van der Waals surface area contributed by atoms with Crippen LogP contribution >= 0.6 is 11.6 Å². The predicted octanol–water partition coefficient (Wildman–Crippen LogP) is 0.186. The van der Waals surface area contributed by atoms with E-state index in [-0.39, 0.29) is 16.5 Å². The maximum atomic E-state index is 10.3. The third-order valence-electron chi connectivity index (χ3n) is 1.95. The summed E-state index contributed by atoms with van der Waals surface area (Å²) in [5.74, 6) is -1.21. The number of hydrogen-bond acceptors (Lipinski definition) is 5. The molecule has 7 heteroatoms. The Morgan fingerprint density at radius 1 is 1.50 bits per heavy atom. The van der Waals surface area contributed by atoms with Crippen molar-refractivity contribution in [3.63, 3.8) is 0 Å². The minimum absolute atomic E-state index is 0.000856. The van der Waals surface area contributed by atoms with E-state index in [4.69, 9.17) is 22.4 Å². The van der Waals surface area contributed by atoms with Crippen LogP contribution in [0, 0.1) is 0 Å². The second-order valence-corrected chi connectivity index (χ2v) is 3.58. The molecule has 0 fully saturated rings. The fourth-order valence-electron chi connectivity index (χ4n) is 1.11. The maximum Gasteiger partial charge on any atom is 0.306 e. The molecule has 0 aliphatic heterocycles. The van der Waals surface area contributed by atoms with Gasteiger partial charge in [-0.25, -0.2) is 4.98 Å². The van der Waals surface area contributed by atoms with Crippen LogP contribution in [0.4, 0.5) is 5.69 Å². The van der Waals surface area contributed by atoms with Gasteiger partial charge in [0.1, 0.15) is 6.10 Å². The van der Waals surface area contributed by atoms with E-state index in [9.17, 15) is 15.0 Å². The van der Waals surface area contributed by atoms with Gasteiger partial charge in [-0.05, 0) is 12.1 Å². The smallest absolute Gasteiger partial charge is 0.306 e. The number of nitrogens with two attached hydrogens (primary N) is 1. The SMILES string of the molecule is Nc1ccc(C(O)C(O)CC(=O)O)nc1Cl. The number of hydrogen-bond donors (Lipinski definition) is 4. The molecule has 2 atom stereocenters. The zero-order valence-electron chi connectivity index (χ0n) is 8.17. The van der Waals surface area contributed by atoms with E-state index >= 15 is 0 Å². The van der Waals surface area contributed by atoms with E-state index in [1.165, 1.54) is 12.1 Å². The summed E-state index contributed by atoms with van der Waals surface area (Å²) < 4.78 is 0. The highest BCUT2D eigenvalue weighted by Gasteiger charge is 2.22. The van der Waals surface area contributed by atoms with Gasteiger partial charge in [0.25, 0.3) is 0 Å². The minimum Gasteiger partial charge on any atom is -0.481 e. The molecule has 0 amide bonds. The van der Waals surface area contributed by atoms with Crippen LogP contribution in [0.15, 0.2) is 12.1 Å². The third-order valence-corrected chi connectivity index (χ3v) is 2.25. The van der Waals surface area contributed by atoms with Crippen molar-refractivity contribution in [2.24, 2.45) is 0 Å². The first-order chi connectivity index (χ1) is 7.41. The van der Waals surface area contributed by atoms with Crippen molar-refractivity contribution in [2.75, 3.05) is 5.73 Å². The highest BCUT2D eigenvalue weighted by Crippen LogP contribution is 2.22. The number of carbonyl (C=O) groups is 1.